The Kier molecular flexibility index (Phi) is 5.91. The molecule has 1 N–H and O–H groups in total. The van der Waals surface area contributed by atoms with Crippen molar-refractivity contribution >= 4 is 23.2 Å². The fourth-order valence-electron chi connectivity index (χ4n) is 3.32. The molecule has 0 bridgehead atoms. The smallest absolute Gasteiger partial charge is 0.410 e. The molecular weight excluding hydrogens is 396 g/mol. The van der Waals surface area contributed by atoms with Crippen LogP contribution in [0.2, 0.25) is 0 Å². The number of nitro benzene ring substituents is 1. The first-order valence-corrected chi connectivity index (χ1v) is 9.52. The topological polar surface area (TPSA) is 84.7 Å². The molecule has 1 saturated heterocycles. The van der Waals surface area contributed by atoms with Crippen molar-refractivity contribution in [3.8, 4) is 0 Å². The van der Waals surface area contributed by atoms with E-state index in [1.165, 1.54) is 0 Å². The lowest BCUT2D eigenvalue weighted by molar-refractivity contribution is -0.384. The number of nitrogens with one attached hydrogen (secondary N) is 1. The number of nitrogens with zero attached hydrogens (tertiary/aromatic N) is 2. The minimum atomic E-state index is -1.31. The summed E-state index contributed by atoms with van der Waals surface area (Å²) < 4.78 is 33.0. The number of likely N-dealkylation sites (tertiary alicyclic amines) is 1. The number of rotatable bonds is 4. The van der Waals surface area contributed by atoms with E-state index in [1.807, 2.05) is 20.8 Å². The van der Waals surface area contributed by atoms with Crippen molar-refractivity contribution < 1.29 is 23.2 Å². The highest BCUT2D eigenvalue weighted by Crippen LogP contribution is 2.33. The predicted molar refractivity (Wildman–Crippen MR) is 108 cm³/mol. The van der Waals surface area contributed by atoms with Crippen molar-refractivity contribution in [2.75, 3.05) is 18.4 Å². The van der Waals surface area contributed by atoms with Gasteiger partial charge in [-0.1, -0.05) is 12.1 Å². The number of hydrogen-bond donors (Lipinski definition) is 1. The average molecular weight is 419 g/mol. The van der Waals surface area contributed by atoms with Crippen molar-refractivity contribution in [1.82, 2.24) is 4.90 Å². The Bertz CT molecular complexity index is 958. The Morgan fingerprint density at radius 2 is 1.87 bits per heavy atom. The number of benzene rings is 2. The van der Waals surface area contributed by atoms with Crippen molar-refractivity contribution in [1.29, 1.82) is 0 Å². The lowest BCUT2D eigenvalue weighted by Gasteiger charge is -2.24. The van der Waals surface area contributed by atoms with Gasteiger partial charge in [-0.15, -0.1) is 0 Å². The van der Waals surface area contributed by atoms with E-state index in [2.05, 4.69) is 5.32 Å². The highest BCUT2D eigenvalue weighted by Gasteiger charge is 2.30. The summed E-state index contributed by atoms with van der Waals surface area (Å²) in [7, 11) is 0. The monoisotopic (exact) mass is 419 g/mol. The molecule has 1 heterocycles. The summed E-state index contributed by atoms with van der Waals surface area (Å²) in [5, 5.41) is 13.7. The molecule has 1 unspecified atom stereocenters. The molecule has 0 spiro atoms. The molecule has 9 heteroatoms. The van der Waals surface area contributed by atoms with E-state index in [4.69, 9.17) is 4.74 Å². The number of nitro groups is 1. The lowest BCUT2D eigenvalue weighted by atomic mass is 9.98. The number of ether oxygens (including phenoxy) is 1. The Morgan fingerprint density at radius 1 is 1.20 bits per heavy atom. The summed E-state index contributed by atoms with van der Waals surface area (Å²) >= 11 is 0. The van der Waals surface area contributed by atoms with Gasteiger partial charge in [0.15, 0.2) is 17.3 Å². The fraction of sp³-hybridized carbons (Fsp3) is 0.381. The second-order valence-corrected chi connectivity index (χ2v) is 8.17. The van der Waals surface area contributed by atoms with Crippen LogP contribution in [-0.4, -0.2) is 34.6 Å². The van der Waals surface area contributed by atoms with Crippen LogP contribution in [0.1, 0.15) is 38.7 Å². The zero-order valence-corrected chi connectivity index (χ0v) is 16.9. The second kappa shape index (κ2) is 8.25. The van der Waals surface area contributed by atoms with Crippen LogP contribution in [0.3, 0.4) is 0 Å². The number of hydrogen-bond acceptors (Lipinski definition) is 5. The lowest BCUT2D eigenvalue weighted by Crippen LogP contribution is -2.35. The predicted octanol–water partition coefficient (Wildman–Crippen LogP) is 5.34. The SMILES string of the molecule is CC(C)(C)OC(=O)N1CCC(c2ccc(Nc3c([N+](=O)[O-])ccc(F)c3F)cc2)C1. The van der Waals surface area contributed by atoms with E-state index < -0.39 is 33.5 Å². The Labute approximate surface area is 172 Å². The summed E-state index contributed by atoms with van der Waals surface area (Å²) in [6.45, 7) is 6.55. The van der Waals surface area contributed by atoms with Crippen molar-refractivity contribution in [2.24, 2.45) is 0 Å². The Morgan fingerprint density at radius 3 is 2.47 bits per heavy atom. The van der Waals surface area contributed by atoms with Crippen LogP contribution < -0.4 is 5.32 Å². The zero-order valence-electron chi connectivity index (χ0n) is 16.9. The molecule has 2 aromatic carbocycles. The molecule has 30 heavy (non-hydrogen) atoms. The number of carbonyl (C=O) groups excluding carboxylic acids is 1. The third kappa shape index (κ3) is 4.84. The van der Waals surface area contributed by atoms with Gasteiger partial charge in [-0.25, -0.2) is 13.6 Å². The van der Waals surface area contributed by atoms with Crippen molar-refractivity contribution in [3.05, 3.63) is 63.7 Å². The summed E-state index contributed by atoms with van der Waals surface area (Å²) in [6, 6.07) is 8.51. The van der Waals surface area contributed by atoms with Gasteiger partial charge in [-0.2, -0.15) is 0 Å². The third-order valence-corrected chi connectivity index (χ3v) is 4.76. The van der Waals surface area contributed by atoms with Gasteiger partial charge in [0.25, 0.3) is 5.69 Å². The van der Waals surface area contributed by atoms with Gasteiger partial charge in [0.2, 0.25) is 0 Å². The van der Waals surface area contributed by atoms with Crippen molar-refractivity contribution in [2.45, 2.75) is 38.7 Å². The van der Waals surface area contributed by atoms with E-state index >= 15 is 0 Å². The first-order valence-electron chi connectivity index (χ1n) is 9.52. The molecular formula is C21H23F2N3O4. The summed E-state index contributed by atoms with van der Waals surface area (Å²) in [4.78, 5) is 24.2. The van der Waals surface area contributed by atoms with Gasteiger partial charge in [-0.05, 0) is 51.0 Å². The molecule has 1 atom stereocenters. The zero-order chi connectivity index (χ0) is 22.1. The van der Waals surface area contributed by atoms with E-state index in [0.29, 0.717) is 18.8 Å². The van der Waals surface area contributed by atoms with Crippen LogP contribution in [0.15, 0.2) is 36.4 Å². The van der Waals surface area contributed by atoms with Gasteiger partial charge in [0.05, 0.1) is 4.92 Å². The molecule has 7 nitrogen and oxygen atoms in total. The minimum absolute atomic E-state index is 0.117. The number of anilines is 2. The molecule has 1 aliphatic heterocycles. The summed E-state index contributed by atoms with van der Waals surface area (Å²) in [5.74, 6) is -2.36. The van der Waals surface area contributed by atoms with E-state index in [9.17, 15) is 23.7 Å². The first-order chi connectivity index (χ1) is 14.0. The third-order valence-electron chi connectivity index (χ3n) is 4.76. The van der Waals surface area contributed by atoms with Crippen LogP contribution in [-0.2, 0) is 4.74 Å². The largest absolute Gasteiger partial charge is 0.444 e. The highest BCUT2D eigenvalue weighted by molar-refractivity contribution is 5.71. The van der Waals surface area contributed by atoms with E-state index in [0.717, 1.165) is 24.1 Å². The Hall–Kier alpha value is -3.23. The van der Waals surface area contributed by atoms with Gasteiger partial charge in [0, 0.05) is 30.8 Å². The first kappa shape index (κ1) is 21.5. The number of carbonyl (C=O) groups is 1. The van der Waals surface area contributed by atoms with Crippen LogP contribution in [0.25, 0.3) is 0 Å². The average Bonchev–Trinajstić information content (AvgIpc) is 3.15. The van der Waals surface area contributed by atoms with Crippen LogP contribution in [0, 0.1) is 21.7 Å². The van der Waals surface area contributed by atoms with Crippen LogP contribution >= 0.6 is 0 Å². The maximum atomic E-state index is 14.1. The molecule has 160 valence electrons. The molecule has 2 aromatic rings. The van der Waals surface area contributed by atoms with Crippen molar-refractivity contribution in [3.63, 3.8) is 0 Å². The van der Waals surface area contributed by atoms with Gasteiger partial charge >= 0.3 is 6.09 Å². The molecule has 1 aliphatic rings. The van der Waals surface area contributed by atoms with E-state index in [1.54, 1.807) is 29.2 Å². The van der Waals surface area contributed by atoms with Crippen LogP contribution in [0.5, 0.6) is 0 Å². The molecule has 3 rings (SSSR count). The summed E-state index contributed by atoms with van der Waals surface area (Å²) in [5.41, 5.74) is -0.280. The number of amides is 1. The number of halogens is 2. The minimum Gasteiger partial charge on any atom is -0.444 e. The maximum absolute atomic E-state index is 14.1. The van der Waals surface area contributed by atoms with Gasteiger partial charge in [0.1, 0.15) is 5.60 Å². The second-order valence-electron chi connectivity index (χ2n) is 8.17. The molecule has 1 amide bonds. The molecule has 0 aromatic heterocycles. The van der Waals surface area contributed by atoms with E-state index in [-0.39, 0.29) is 12.0 Å². The molecule has 0 saturated carbocycles. The Balaban J connectivity index is 1.71. The molecule has 1 fully saturated rings. The summed E-state index contributed by atoms with van der Waals surface area (Å²) in [6.07, 6.45) is 0.424. The highest BCUT2D eigenvalue weighted by atomic mass is 19.2. The maximum Gasteiger partial charge on any atom is 0.410 e. The normalized spacial score (nSPS) is 16.4. The molecule has 0 radical (unpaired) electrons. The van der Waals surface area contributed by atoms with Crippen LogP contribution in [0.4, 0.5) is 30.6 Å². The molecule has 0 aliphatic carbocycles. The van der Waals surface area contributed by atoms with Gasteiger partial charge < -0.3 is 15.0 Å². The fourth-order valence-corrected chi connectivity index (χ4v) is 3.32. The standard InChI is InChI=1S/C21H23F2N3O4/c1-21(2,3)30-20(27)25-11-10-14(12-25)13-4-6-15(7-5-13)24-19-17(26(28)29)9-8-16(22)18(19)23/h4-9,14,24H,10-12H2,1-3H3. The van der Waals surface area contributed by atoms with Gasteiger partial charge in [-0.3, -0.25) is 10.1 Å². The quantitative estimate of drug-likeness (QED) is 0.534.